The second-order valence-corrected chi connectivity index (χ2v) is 5.90. The van der Waals surface area contributed by atoms with Crippen LogP contribution in [0.1, 0.15) is 40.9 Å². The van der Waals surface area contributed by atoms with Gasteiger partial charge in [0.15, 0.2) is 0 Å². The van der Waals surface area contributed by atoms with Crippen LogP contribution >= 0.6 is 11.6 Å². The van der Waals surface area contributed by atoms with Crippen LogP contribution in [-0.2, 0) is 0 Å². The summed E-state index contributed by atoms with van der Waals surface area (Å²) in [5.74, 6) is 0.720. The molecular weight excluding hydrogens is 272 g/mol. The average molecular weight is 289 g/mol. The van der Waals surface area contributed by atoms with Crippen LogP contribution in [0.4, 0.5) is 0 Å². The molecule has 0 spiro atoms. The predicted octanol–water partition coefficient (Wildman–Crippen LogP) is 4.51. The van der Waals surface area contributed by atoms with Gasteiger partial charge in [0.25, 0.3) is 0 Å². The van der Waals surface area contributed by atoms with Crippen LogP contribution in [0.15, 0.2) is 36.4 Å². The molecule has 0 radical (unpaired) electrons. The molecular formula is C17H17ClO2. The fraction of sp³-hybridized carbons (Fsp3) is 0.294. The van der Waals surface area contributed by atoms with Gasteiger partial charge in [-0.3, -0.25) is 0 Å². The lowest BCUT2D eigenvalue weighted by molar-refractivity contribution is 0.0657. The molecule has 3 heteroatoms. The Labute approximate surface area is 124 Å². The summed E-state index contributed by atoms with van der Waals surface area (Å²) in [6.45, 7) is 4.15. The molecule has 104 valence electrons. The van der Waals surface area contributed by atoms with Gasteiger partial charge < -0.3 is 9.84 Å². The maximum Gasteiger partial charge on any atom is 0.127 e. The summed E-state index contributed by atoms with van der Waals surface area (Å²) in [5.41, 5.74) is 4.31. The van der Waals surface area contributed by atoms with Crippen LogP contribution in [0, 0.1) is 13.8 Å². The largest absolute Gasteiger partial charge is 0.485 e. The van der Waals surface area contributed by atoms with E-state index in [0.29, 0.717) is 11.4 Å². The minimum atomic E-state index is -0.539. The first-order chi connectivity index (χ1) is 9.52. The summed E-state index contributed by atoms with van der Waals surface area (Å²) in [7, 11) is 0. The van der Waals surface area contributed by atoms with E-state index in [4.69, 9.17) is 16.3 Å². The molecule has 0 saturated heterocycles. The molecule has 0 fully saturated rings. The Balaban J connectivity index is 1.96. The number of rotatable bonds is 1. The Morgan fingerprint density at radius 1 is 1.10 bits per heavy atom. The molecule has 1 N–H and O–H groups in total. The number of fused-ring (bicyclic) bond motifs is 1. The summed E-state index contributed by atoms with van der Waals surface area (Å²) in [6.07, 6.45) is -0.100. The summed E-state index contributed by atoms with van der Waals surface area (Å²) in [6, 6.07) is 11.8. The molecule has 0 aliphatic carbocycles. The number of aliphatic hydroxyl groups is 1. The van der Waals surface area contributed by atoms with Crippen molar-refractivity contribution in [1.82, 2.24) is 0 Å². The molecule has 3 rings (SSSR count). The minimum absolute atomic E-state index is 0.114. The molecule has 1 heterocycles. The third-order valence-corrected chi connectivity index (χ3v) is 3.89. The Morgan fingerprint density at radius 3 is 2.50 bits per heavy atom. The standard InChI is InChI=1S/C17H17ClO2/c1-10-5-11(2)7-12(6-10)17-9-15(19)14-8-13(18)3-4-16(14)20-17/h3-8,15,17,19H,9H2,1-2H3/t15-,17?/m1/s1. The number of ether oxygens (including phenoxy) is 1. The lowest BCUT2D eigenvalue weighted by atomic mass is 9.93. The molecule has 1 aliphatic heterocycles. The number of benzene rings is 2. The van der Waals surface area contributed by atoms with Gasteiger partial charge in [0, 0.05) is 17.0 Å². The lowest BCUT2D eigenvalue weighted by Gasteiger charge is -2.30. The van der Waals surface area contributed by atoms with Crippen molar-refractivity contribution in [2.45, 2.75) is 32.5 Å². The van der Waals surface area contributed by atoms with Crippen LogP contribution < -0.4 is 4.74 Å². The van der Waals surface area contributed by atoms with E-state index in [-0.39, 0.29) is 6.10 Å². The van der Waals surface area contributed by atoms with E-state index < -0.39 is 6.10 Å². The molecule has 0 amide bonds. The van der Waals surface area contributed by atoms with Gasteiger partial charge in [-0.15, -0.1) is 0 Å². The number of aliphatic hydroxyl groups excluding tert-OH is 1. The SMILES string of the molecule is Cc1cc(C)cc(C2C[C@@H](O)c3cc(Cl)ccc3O2)c1. The number of hydrogen-bond acceptors (Lipinski definition) is 2. The van der Waals surface area contributed by atoms with Crippen LogP contribution in [0.5, 0.6) is 5.75 Å². The van der Waals surface area contributed by atoms with Gasteiger partial charge >= 0.3 is 0 Å². The summed E-state index contributed by atoms with van der Waals surface area (Å²) in [4.78, 5) is 0. The van der Waals surface area contributed by atoms with Crippen molar-refractivity contribution in [2.75, 3.05) is 0 Å². The molecule has 1 unspecified atom stereocenters. The first kappa shape index (κ1) is 13.5. The van der Waals surface area contributed by atoms with Crippen LogP contribution in [-0.4, -0.2) is 5.11 Å². The van der Waals surface area contributed by atoms with Gasteiger partial charge in [-0.05, 0) is 37.6 Å². The van der Waals surface area contributed by atoms with Gasteiger partial charge in [0.2, 0.25) is 0 Å². The Morgan fingerprint density at radius 2 is 1.80 bits per heavy atom. The highest BCUT2D eigenvalue weighted by molar-refractivity contribution is 6.30. The number of hydrogen-bond donors (Lipinski definition) is 1. The highest BCUT2D eigenvalue weighted by atomic mass is 35.5. The summed E-state index contributed by atoms with van der Waals surface area (Å²) < 4.78 is 6.03. The highest BCUT2D eigenvalue weighted by Crippen LogP contribution is 2.41. The highest BCUT2D eigenvalue weighted by Gasteiger charge is 2.28. The van der Waals surface area contributed by atoms with Crippen molar-refractivity contribution < 1.29 is 9.84 Å². The van der Waals surface area contributed by atoms with E-state index in [1.54, 1.807) is 12.1 Å². The zero-order valence-corrected chi connectivity index (χ0v) is 12.3. The van der Waals surface area contributed by atoms with Gasteiger partial charge in [-0.1, -0.05) is 40.9 Å². The fourth-order valence-corrected chi connectivity index (χ4v) is 3.00. The quantitative estimate of drug-likeness (QED) is 0.836. The summed E-state index contributed by atoms with van der Waals surface area (Å²) in [5, 5.41) is 10.9. The smallest absolute Gasteiger partial charge is 0.127 e. The molecule has 2 aromatic carbocycles. The predicted molar refractivity (Wildman–Crippen MR) is 80.3 cm³/mol. The lowest BCUT2D eigenvalue weighted by Crippen LogP contribution is -2.19. The van der Waals surface area contributed by atoms with Crippen molar-refractivity contribution in [3.63, 3.8) is 0 Å². The third kappa shape index (κ3) is 2.54. The van der Waals surface area contributed by atoms with Crippen LogP contribution in [0.25, 0.3) is 0 Å². The van der Waals surface area contributed by atoms with Crippen molar-refractivity contribution in [1.29, 1.82) is 0 Å². The van der Waals surface area contributed by atoms with Gasteiger partial charge in [-0.25, -0.2) is 0 Å². The Kier molecular flexibility index (Phi) is 3.45. The van der Waals surface area contributed by atoms with E-state index in [2.05, 4.69) is 32.0 Å². The van der Waals surface area contributed by atoms with Crippen molar-refractivity contribution in [2.24, 2.45) is 0 Å². The number of halogens is 1. The van der Waals surface area contributed by atoms with Crippen molar-refractivity contribution >= 4 is 11.6 Å². The van der Waals surface area contributed by atoms with E-state index in [1.807, 2.05) is 6.07 Å². The molecule has 0 aromatic heterocycles. The molecule has 2 nitrogen and oxygen atoms in total. The van der Waals surface area contributed by atoms with E-state index >= 15 is 0 Å². The monoisotopic (exact) mass is 288 g/mol. The Hall–Kier alpha value is -1.51. The van der Waals surface area contributed by atoms with Crippen molar-refractivity contribution in [3.05, 3.63) is 63.7 Å². The van der Waals surface area contributed by atoms with E-state index in [0.717, 1.165) is 16.9 Å². The molecule has 0 saturated carbocycles. The second-order valence-electron chi connectivity index (χ2n) is 5.46. The zero-order valence-electron chi connectivity index (χ0n) is 11.6. The maximum absolute atomic E-state index is 10.3. The van der Waals surface area contributed by atoms with E-state index in [9.17, 15) is 5.11 Å². The average Bonchev–Trinajstić information content (AvgIpc) is 2.38. The molecule has 20 heavy (non-hydrogen) atoms. The minimum Gasteiger partial charge on any atom is -0.485 e. The first-order valence-electron chi connectivity index (χ1n) is 6.75. The maximum atomic E-state index is 10.3. The Bertz CT molecular complexity index is 631. The normalized spacial score (nSPS) is 21.2. The zero-order chi connectivity index (χ0) is 14.3. The molecule has 2 atom stereocenters. The van der Waals surface area contributed by atoms with Crippen LogP contribution in [0.3, 0.4) is 0 Å². The first-order valence-corrected chi connectivity index (χ1v) is 7.13. The summed E-state index contributed by atoms with van der Waals surface area (Å²) >= 11 is 5.97. The topological polar surface area (TPSA) is 29.5 Å². The van der Waals surface area contributed by atoms with Gasteiger partial charge in [0.1, 0.15) is 11.9 Å². The molecule has 1 aliphatic rings. The van der Waals surface area contributed by atoms with Gasteiger partial charge in [0.05, 0.1) is 6.10 Å². The number of aryl methyl sites for hydroxylation is 2. The fourth-order valence-electron chi connectivity index (χ4n) is 2.82. The van der Waals surface area contributed by atoms with E-state index in [1.165, 1.54) is 11.1 Å². The molecule has 2 aromatic rings. The van der Waals surface area contributed by atoms with Crippen molar-refractivity contribution in [3.8, 4) is 5.75 Å². The van der Waals surface area contributed by atoms with Gasteiger partial charge in [-0.2, -0.15) is 0 Å². The second kappa shape index (κ2) is 5.12. The third-order valence-electron chi connectivity index (χ3n) is 3.65. The van der Waals surface area contributed by atoms with Crippen LogP contribution in [0.2, 0.25) is 5.02 Å². The molecule has 0 bridgehead atoms.